The van der Waals surface area contributed by atoms with E-state index in [1.54, 1.807) is 24.3 Å². The molecule has 3 nitrogen and oxygen atoms in total. The first-order valence-corrected chi connectivity index (χ1v) is 5.69. The van der Waals surface area contributed by atoms with Crippen molar-refractivity contribution < 1.29 is 4.39 Å². The Morgan fingerprint density at radius 3 is 2.53 bits per heavy atom. The lowest BCUT2D eigenvalue weighted by atomic mass is 10.1. The van der Waals surface area contributed by atoms with Gasteiger partial charge in [0.2, 0.25) is 0 Å². The number of hydrogen-bond acceptors (Lipinski definition) is 3. The fourth-order valence-corrected chi connectivity index (χ4v) is 1.78. The van der Waals surface area contributed by atoms with Crippen LogP contribution in [0.1, 0.15) is 11.1 Å². The van der Waals surface area contributed by atoms with Gasteiger partial charge in [0.15, 0.2) is 0 Å². The van der Waals surface area contributed by atoms with E-state index in [9.17, 15) is 4.39 Å². The van der Waals surface area contributed by atoms with Crippen LogP contribution >= 0.6 is 11.6 Å². The average Bonchev–Trinajstić information content (AvgIpc) is 2.41. The molecule has 0 fully saturated rings. The Kier molecular flexibility index (Phi) is 3.66. The lowest BCUT2D eigenvalue weighted by Gasteiger charge is -2.10. The topological polar surface area (TPSA) is 59.6 Å². The maximum Gasteiger partial charge on any atom is 0.143 e. The van der Waals surface area contributed by atoms with E-state index in [4.69, 9.17) is 22.1 Å². The predicted molar refractivity (Wildman–Crippen MR) is 70.6 cm³/mol. The summed E-state index contributed by atoms with van der Waals surface area (Å²) in [5.41, 5.74) is 0.998. The molecule has 92 valence electrons. The Labute approximate surface area is 114 Å². The van der Waals surface area contributed by atoms with Crippen LogP contribution in [0.2, 0.25) is 5.02 Å². The van der Waals surface area contributed by atoms with Crippen molar-refractivity contribution in [3.63, 3.8) is 0 Å². The molecule has 2 aromatic rings. The van der Waals surface area contributed by atoms with E-state index < -0.39 is 5.82 Å². The van der Waals surface area contributed by atoms with Crippen LogP contribution in [0, 0.1) is 28.5 Å². The van der Waals surface area contributed by atoms with Gasteiger partial charge in [0.05, 0.1) is 16.9 Å². The summed E-state index contributed by atoms with van der Waals surface area (Å²) in [5.74, 6) is -0.611. The van der Waals surface area contributed by atoms with Crippen molar-refractivity contribution in [1.29, 1.82) is 10.5 Å². The number of anilines is 2. The zero-order valence-electron chi connectivity index (χ0n) is 9.61. The lowest BCUT2D eigenvalue weighted by Crippen LogP contribution is -1.98. The summed E-state index contributed by atoms with van der Waals surface area (Å²) in [4.78, 5) is 0. The SMILES string of the molecule is N#Cc1cc(Cl)ccc1Nc1cccc(F)c1C#N. The van der Waals surface area contributed by atoms with Gasteiger partial charge in [-0.2, -0.15) is 10.5 Å². The molecule has 0 heterocycles. The van der Waals surface area contributed by atoms with Crippen LogP contribution in [0.5, 0.6) is 0 Å². The minimum Gasteiger partial charge on any atom is -0.353 e. The Hall–Kier alpha value is -2.56. The molecule has 0 amide bonds. The van der Waals surface area contributed by atoms with Gasteiger partial charge in [-0.25, -0.2) is 4.39 Å². The number of nitrogens with zero attached hydrogens (tertiary/aromatic N) is 2. The van der Waals surface area contributed by atoms with E-state index in [1.165, 1.54) is 18.2 Å². The molecule has 2 aromatic carbocycles. The number of rotatable bonds is 2. The summed E-state index contributed by atoms with van der Waals surface area (Å²) < 4.78 is 13.5. The van der Waals surface area contributed by atoms with Gasteiger partial charge in [0.25, 0.3) is 0 Å². The number of nitrogens with one attached hydrogen (secondary N) is 1. The molecule has 19 heavy (non-hydrogen) atoms. The summed E-state index contributed by atoms with van der Waals surface area (Å²) in [6.45, 7) is 0. The molecule has 1 N–H and O–H groups in total. The van der Waals surface area contributed by atoms with Gasteiger partial charge >= 0.3 is 0 Å². The first-order valence-electron chi connectivity index (χ1n) is 5.31. The molecule has 0 saturated heterocycles. The molecular formula is C14H7ClFN3. The van der Waals surface area contributed by atoms with Gasteiger partial charge in [0, 0.05) is 5.02 Å². The van der Waals surface area contributed by atoms with Gasteiger partial charge in [-0.15, -0.1) is 0 Å². The molecule has 0 bridgehead atoms. The second kappa shape index (κ2) is 5.39. The first-order chi connectivity index (χ1) is 9.15. The molecule has 0 aliphatic heterocycles. The number of hydrogen-bond donors (Lipinski definition) is 1. The van der Waals surface area contributed by atoms with Crippen LogP contribution in [0.15, 0.2) is 36.4 Å². The third-order valence-corrected chi connectivity index (χ3v) is 2.73. The van der Waals surface area contributed by atoms with Gasteiger partial charge in [-0.05, 0) is 30.3 Å². The Morgan fingerprint density at radius 1 is 1.05 bits per heavy atom. The van der Waals surface area contributed by atoms with Crippen LogP contribution in [-0.4, -0.2) is 0 Å². The van der Waals surface area contributed by atoms with Crippen LogP contribution in [0.4, 0.5) is 15.8 Å². The molecule has 0 saturated carbocycles. The van der Waals surface area contributed by atoms with E-state index in [1.807, 2.05) is 6.07 Å². The van der Waals surface area contributed by atoms with Crippen molar-refractivity contribution in [2.24, 2.45) is 0 Å². The monoisotopic (exact) mass is 271 g/mol. The van der Waals surface area contributed by atoms with Crippen molar-refractivity contribution in [3.8, 4) is 12.1 Å². The summed E-state index contributed by atoms with van der Waals surface area (Å²) in [6.07, 6.45) is 0. The normalized spacial score (nSPS) is 9.47. The highest BCUT2D eigenvalue weighted by Crippen LogP contribution is 2.26. The third kappa shape index (κ3) is 2.65. The lowest BCUT2D eigenvalue weighted by molar-refractivity contribution is 0.624. The minimum atomic E-state index is -0.611. The van der Waals surface area contributed by atoms with Gasteiger partial charge in [-0.1, -0.05) is 17.7 Å². The molecule has 0 aromatic heterocycles. The van der Waals surface area contributed by atoms with Crippen molar-refractivity contribution >= 4 is 23.0 Å². The van der Waals surface area contributed by atoms with E-state index in [0.717, 1.165) is 0 Å². The fraction of sp³-hybridized carbons (Fsp3) is 0. The van der Waals surface area contributed by atoms with E-state index >= 15 is 0 Å². The molecule has 5 heteroatoms. The Balaban J connectivity index is 2.46. The first kappa shape index (κ1) is 12.9. The van der Waals surface area contributed by atoms with Gasteiger partial charge in [0.1, 0.15) is 23.5 Å². The van der Waals surface area contributed by atoms with Gasteiger partial charge in [-0.3, -0.25) is 0 Å². The predicted octanol–water partition coefficient (Wildman–Crippen LogP) is 3.97. The maximum absolute atomic E-state index is 13.5. The van der Waals surface area contributed by atoms with Crippen molar-refractivity contribution in [2.75, 3.05) is 5.32 Å². The highest BCUT2D eigenvalue weighted by atomic mass is 35.5. The van der Waals surface area contributed by atoms with E-state index in [0.29, 0.717) is 22.0 Å². The minimum absolute atomic E-state index is 0.0960. The van der Waals surface area contributed by atoms with Crippen LogP contribution < -0.4 is 5.32 Å². The van der Waals surface area contributed by atoms with Crippen LogP contribution in [0.3, 0.4) is 0 Å². The zero-order chi connectivity index (χ0) is 13.8. The molecule has 0 aliphatic carbocycles. The second-order valence-electron chi connectivity index (χ2n) is 3.70. The highest BCUT2D eigenvalue weighted by molar-refractivity contribution is 6.30. The quantitative estimate of drug-likeness (QED) is 0.899. The summed E-state index contributed by atoms with van der Waals surface area (Å²) in [7, 11) is 0. The number of nitriles is 2. The standard InChI is InChI=1S/C14H7ClFN3/c15-10-4-5-13(9(6-10)7-17)19-14-3-1-2-12(16)11(14)8-18/h1-6,19H. The fourth-order valence-electron chi connectivity index (χ4n) is 1.60. The number of benzene rings is 2. The van der Waals surface area contributed by atoms with Crippen LogP contribution in [0.25, 0.3) is 0 Å². The van der Waals surface area contributed by atoms with Crippen molar-refractivity contribution in [1.82, 2.24) is 0 Å². The largest absolute Gasteiger partial charge is 0.353 e. The third-order valence-electron chi connectivity index (χ3n) is 2.50. The van der Waals surface area contributed by atoms with Crippen LogP contribution in [-0.2, 0) is 0 Å². The van der Waals surface area contributed by atoms with Gasteiger partial charge < -0.3 is 5.32 Å². The zero-order valence-corrected chi connectivity index (χ0v) is 10.4. The van der Waals surface area contributed by atoms with E-state index in [2.05, 4.69) is 5.32 Å². The summed E-state index contributed by atoms with van der Waals surface area (Å²) in [5, 5.41) is 21.2. The average molecular weight is 272 g/mol. The number of halogens is 2. The highest BCUT2D eigenvalue weighted by Gasteiger charge is 2.10. The maximum atomic E-state index is 13.5. The Morgan fingerprint density at radius 2 is 1.84 bits per heavy atom. The summed E-state index contributed by atoms with van der Waals surface area (Å²) >= 11 is 5.79. The summed E-state index contributed by atoms with van der Waals surface area (Å²) in [6, 6.07) is 12.7. The molecule has 2 rings (SSSR count). The smallest absolute Gasteiger partial charge is 0.143 e. The van der Waals surface area contributed by atoms with Crippen molar-refractivity contribution in [2.45, 2.75) is 0 Å². The molecular weight excluding hydrogens is 265 g/mol. The molecule has 0 unspecified atom stereocenters. The molecule has 0 aliphatic rings. The second-order valence-corrected chi connectivity index (χ2v) is 4.14. The Bertz CT molecular complexity index is 714. The molecule has 0 radical (unpaired) electrons. The molecule has 0 atom stereocenters. The molecule has 0 spiro atoms. The van der Waals surface area contributed by atoms with E-state index in [-0.39, 0.29) is 5.56 Å². The van der Waals surface area contributed by atoms with Crippen molar-refractivity contribution in [3.05, 3.63) is 58.4 Å².